The van der Waals surface area contributed by atoms with Gasteiger partial charge >= 0.3 is 10.8 Å². The Morgan fingerprint density at radius 1 is 0.956 bits per heavy atom. The first-order valence-corrected chi connectivity index (χ1v) is 16.0. The Hall–Kier alpha value is -4.39. The number of hydrogen-bond acceptors (Lipinski definition) is 9. The Labute approximate surface area is 270 Å². The van der Waals surface area contributed by atoms with Gasteiger partial charge in [0, 0.05) is 27.1 Å². The van der Waals surface area contributed by atoms with E-state index in [4.69, 9.17) is 21.1 Å². The minimum Gasteiger partial charge on any atom is -0.496 e. The largest absolute Gasteiger partial charge is 0.496 e. The van der Waals surface area contributed by atoms with E-state index < -0.39 is 45.6 Å². The maximum atomic E-state index is 14.0. The topological polar surface area (TPSA) is 124 Å². The number of nitrogens with one attached hydrogen (secondary N) is 1. The van der Waals surface area contributed by atoms with Gasteiger partial charge in [0.1, 0.15) is 17.5 Å². The van der Waals surface area contributed by atoms with Crippen LogP contribution in [-0.2, 0) is 25.7 Å². The van der Waals surface area contributed by atoms with E-state index >= 15 is 0 Å². The lowest BCUT2D eigenvalue weighted by Crippen LogP contribution is -2.33. The van der Waals surface area contributed by atoms with Gasteiger partial charge in [-0.25, -0.2) is 9.69 Å². The Morgan fingerprint density at radius 2 is 1.67 bits per heavy atom. The van der Waals surface area contributed by atoms with Crippen molar-refractivity contribution >= 4 is 69.8 Å². The molecule has 1 saturated heterocycles. The van der Waals surface area contributed by atoms with E-state index in [2.05, 4.69) is 5.32 Å². The molecule has 1 fully saturated rings. The molecule has 0 aliphatic carbocycles. The monoisotopic (exact) mass is 663 g/mol. The SMILES string of the molecule is CCOC(=O)c1ccc(NC(=O)Cn2c3c(sc2=O)C(c2ccccc2OC)C2C(=O)N(c4ccc(Cl)cc4)C(=O)C2S3)cc1. The van der Waals surface area contributed by atoms with Crippen molar-refractivity contribution in [1.29, 1.82) is 0 Å². The summed E-state index contributed by atoms with van der Waals surface area (Å²) in [7, 11) is 1.52. The first kappa shape index (κ1) is 30.6. The summed E-state index contributed by atoms with van der Waals surface area (Å²) in [4.78, 5) is 67.9. The number of nitrogens with zero attached hydrogens (tertiary/aromatic N) is 2. The number of esters is 1. The molecular formula is C32H26ClN3O7S2. The molecule has 1 aromatic heterocycles. The zero-order chi connectivity index (χ0) is 31.8. The van der Waals surface area contributed by atoms with Crippen LogP contribution in [-0.4, -0.2) is 47.2 Å². The van der Waals surface area contributed by atoms with Crippen molar-refractivity contribution < 1.29 is 28.7 Å². The summed E-state index contributed by atoms with van der Waals surface area (Å²) in [6.07, 6.45) is 0. The summed E-state index contributed by atoms with van der Waals surface area (Å²) in [6, 6.07) is 19.9. The van der Waals surface area contributed by atoms with E-state index in [0.717, 1.165) is 23.1 Å². The fraction of sp³-hybridized carbons (Fsp3) is 0.219. The third-order valence-corrected chi connectivity index (χ3v) is 10.4. The van der Waals surface area contributed by atoms with Gasteiger partial charge in [0.2, 0.25) is 17.7 Å². The normalized spacial score (nSPS) is 18.7. The number of para-hydroxylation sites is 1. The smallest absolute Gasteiger partial charge is 0.338 e. The Morgan fingerprint density at radius 3 is 2.36 bits per heavy atom. The lowest BCUT2D eigenvalue weighted by atomic mass is 9.82. The second-order valence-electron chi connectivity index (χ2n) is 10.2. The number of ether oxygens (including phenoxy) is 2. The van der Waals surface area contributed by atoms with Crippen LogP contribution in [0.25, 0.3) is 0 Å². The Balaban J connectivity index is 1.35. The van der Waals surface area contributed by atoms with Gasteiger partial charge < -0.3 is 14.8 Å². The van der Waals surface area contributed by atoms with Crippen LogP contribution in [0.15, 0.2) is 82.6 Å². The fourth-order valence-corrected chi connectivity index (χ4v) is 8.50. The van der Waals surface area contributed by atoms with Crippen LogP contribution in [0.5, 0.6) is 5.75 Å². The highest BCUT2D eigenvalue weighted by molar-refractivity contribution is 8.00. The van der Waals surface area contributed by atoms with Crippen LogP contribution < -0.4 is 19.8 Å². The number of rotatable bonds is 8. The molecule has 1 N–H and O–H groups in total. The summed E-state index contributed by atoms with van der Waals surface area (Å²) in [6.45, 7) is 1.63. The molecule has 0 bridgehead atoms. The number of halogens is 1. The molecule has 45 heavy (non-hydrogen) atoms. The number of methoxy groups -OCH3 is 1. The average Bonchev–Trinajstić information content (AvgIpc) is 3.48. The highest BCUT2D eigenvalue weighted by atomic mass is 35.5. The molecule has 0 radical (unpaired) electrons. The predicted octanol–water partition coefficient (Wildman–Crippen LogP) is 5.18. The van der Waals surface area contributed by atoms with Crippen LogP contribution in [0.2, 0.25) is 5.02 Å². The maximum absolute atomic E-state index is 14.0. The molecule has 230 valence electrons. The summed E-state index contributed by atoms with van der Waals surface area (Å²) < 4.78 is 12.0. The number of carbonyl (C=O) groups is 4. The molecule has 0 saturated carbocycles. The number of benzene rings is 3. The lowest BCUT2D eigenvalue weighted by Gasteiger charge is -2.31. The van der Waals surface area contributed by atoms with Gasteiger partial charge in [0.05, 0.1) is 35.9 Å². The molecule has 3 aromatic carbocycles. The first-order chi connectivity index (χ1) is 21.7. The summed E-state index contributed by atoms with van der Waals surface area (Å²) >= 11 is 8.13. The van der Waals surface area contributed by atoms with Crippen molar-refractivity contribution in [3.63, 3.8) is 0 Å². The maximum Gasteiger partial charge on any atom is 0.338 e. The highest BCUT2D eigenvalue weighted by Crippen LogP contribution is 2.55. The Bertz CT molecular complexity index is 1870. The van der Waals surface area contributed by atoms with Crippen molar-refractivity contribution in [2.24, 2.45) is 5.92 Å². The fourth-order valence-electron chi connectivity index (χ4n) is 5.61. The molecule has 4 aromatic rings. The minimum atomic E-state index is -0.852. The number of hydrogen-bond donors (Lipinski definition) is 1. The molecule has 10 nitrogen and oxygen atoms in total. The Kier molecular flexibility index (Phi) is 8.54. The lowest BCUT2D eigenvalue weighted by molar-refractivity contribution is -0.122. The molecule has 3 amide bonds. The predicted molar refractivity (Wildman–Crippen MR) is 172 cm³/mol. The highest BCUT2D eigenvalue weighted by Gasteiger charge is 2.57. The van der Waals surface area contributed by atoms with Crippen molar-refractivity contribution in [2.45, 2.75) is 29.7 Å². The molecule has 2 aliphatic heterocycles. The van der Waals surface area contributed by atoms with Gasteiger partial charge in [-0.3, -0.25) is 23.7 Å². The van der Waals surface area contributed by atoms with Crippen molar-refractivity contribution in [2.75, 3.05) is 23.9 Å². The number of imide groups is 1. The number of fused-ring (bicyclic) bond motifs is 2. The second kappa shape index (κ2) is 12.5. The van der Waals surface area contributed by atoms with Gasteiger partial charge in [-0.05, 0) is 61.5 Å². The van der Waals surface area contributed by atoms with E-state index in [9.17, 15) is 24.0 Å². The molecule has 3 unspecified atom stereocenters. The van der Waals surface area contributed by atoms with Crippen molar-refractivity contribution in [3.05, 3.63) is 103 Å². The van der Waals surface area contributed by atoms with Crippen LogP contribution >= 0.6 is 34.7 Å². The van der Waals surface area contributed by atoms with Crippen LogP contribution in [0.4, 0.5) is 11.4 Å². The van der Waals surface area contributed by atoms with Gasteiger partial charge in [-0.1, -0.05) is 52.9 Å². The van der Waals surface area contributed by atoms with Crippen molar-refractivity contribution in [1.82, 2.24) is 4.57 Å². The second-order valence-corrected chi connectivity index (χ2v) is 12.8. The first-order valence-electron chi connectivity index (χ1n) is 13.9. The third-order valence-electron chi connectivity index (χ3n) is 7.59. The van der Waals surface area contributed by atoms with E-state index in [1.54, 1.807) is 55.5 Å². The molecule has 0 spiro atoms. The molecule has 6 rings (SSSR count). The standard InChI is InChI=1S/C32H26ClN3O7S2/c1-3-43-31(40)17-8-12-19(13-9-17)34-23(37)16-35-30-27(45-32(35)41)24(21-6-4-5-7-22(21)42-2)25-26(44-30)29(39)36(28(25)38)20-14-10-18(33)11-15-20/h4-15,24-26H,3,16H2,1-2H3,(H,34,37). The van der Waals surface area contributed by atoms with E-state index in [1.165, 1.54) is 28.7 Å². The van der Waals surface area contributed by atoms with E-state index in [-0.39, 0.29) is 13.2 Å². The number of thiazole rings is 1. The molecular weight excluding hydrogens is 638 g/mol. The van der Waals surface area contributed by atoms with E-state index in [0.29, 0.717) is 43.2 Å². The minimum absolute atomic E-state index is 0.244. The van der Waals surface area contributed by atoms with Gasteiger partial charge in [-0.15, -0.1) is 0 Å². The molecule has 3 atom stereocenters. The van der Waals surface area contributed by atoms with Crippen LogP contribution in [0.3, 0.4) is 0 Å². The number of aromatic nitrogens is 1. The zero-order valence-corrected chi connectivity index (χ0v) is 26.4. The van der Waals surface area contributed by atoms with Crippen LogP contribution in [0.1, 0.15) is 33.6 Å². The third kappa shape index (κ3) is 5.65. The van der Waals surface area contributed by atoms with Crippen molar-refractivity contribution in [3.8, 4) is 5.75 Å². The molecule has 2 aliphatic rings. The van der Waals surface area contributed by atoms with Gasteiger partial charge in [0.15, 0.2) is 0 Å². The average molecular weight is 664 g/mol. The van der Waals surface area contributed by atoms with Gasteiger partial charge in [-0.2, -0.15) is 0 Å². The zero-order valence-electron chi connectivity index (χ0n) is 24.0. The summed E-state index contributed by atoms with van der Waals surface area (Å²) in [5.41, 5.74) is 1.84. The number of amides is 3. The summed E-state index contributed by atoms with van der Waals surface area (Å²) in [5, 5.41) is 2.82. The molecule has 13 heteroatoms. The molecule has 3 heterocycles. The number of carbonyl (C=O) groups excluding carboxylic acids is 4. The number of thioether (sulfide) groups is 1. The van der Waals surface area contributed by atoms with Crippen LogP contribution in [0, 0.1) is 5.92 Å². The van der Waals surface area contributed by atoms with E-state index in [1.807, 2.05) is 12.1 Å². The summed E-state index contributed by atoms with van der Waals surface area (Å²) in [5.74, 6) is -2.73. The van der Waals surface area contributed by atoms with Gasteiger partial charge in [0.25, 0.3) is 0 Å². The number of anilines is 2. The quantitative estimate of drug-likeness (QED) is 0.202.